The van der Waals surface area contributed by atoms with Crippen molar-refractivity contribution in [1.82, 2.24) is 9.97 Å². The summed E-state index contributed by atoms with van der Waals surface area (Å²) in [6.45, 7) is 1.98. The third kappa shape index (κ3) is 4.44. The number of alkyl halides is 2. The summed E-state index contributed by atoms with van der Waals surface area (Å²) in [5.74, 6) is -2.19. The maximum absolute atomic E-state index is 12.7. The fraction of sp³-hybridized carbons (Fsp3) is 0.364. The standard InChI is InChI=1S/C11H15F2N5/c1-3-4-9-15-5-8(18-9)10(17-7-14)16-6-11(2,12)13/h3-5,7H,6H2,1-2H3,(H,15,18)(H2,14,16,17)/b4-3+. The molecule has 5 nitrogen and oxygen atoms in total. The first-order valence-corrected chi connectivity index (χ1v) is 5.31. The van der Waals surface area contributed by atoms with E-state index in [1.165, 1.54) is 6.20 Å². The maximum atomic E-state index is 12.7. The summed E-state index contributed by atoms with van der Waals surface area (Å²) >= 11 is 0. The number of aromatic amines is 1. The lowest BCUT2D eigenvalue weighted by Gasteiger charge is -2.06. The second-order valence-electron chi connectivity index (χ2n) is 3.67. The molecule has 1 aromatic rings. The zero-order valence-electron chi connectivity index (χ0n) is 10.2. The van der Waals surface area contributed by atoms with E-state index in [1.807, 2.05) is 6.92 Å². The number of halogens is 2. The molecule has 0 saturated carbocycles. The molecule has 0 spiro atoms. The Morgan fingerprint density at radius 3 is 2.89 bits per heavy atom. The van der Waals surface area contributed by atoms with Gasteiger partial charge < -0.3 is 10.7 Å². The molecular weight excluding hydrogens is 240 g/mol. The topological polar surface area (TPSA) is 79.4 Å². The molecule has 1 rings (SSSR count). The van der Waals surface area contributed by atoms with Crippen LogP contribution in [0, 0.1) is 0 Å². The minimum absolute atomic E-state index is 0.0993. The molecule has 0 atom stereocenters. The number of nitrogens with one attached hydrogen (secondary N) is 1. The second-order valence-corrected chi connectivity index (χ2v) is 3.67. The molecule has 0 aliphatic carbocycles. The van der Waals surface area contributed by atoms with Crippen LogP contribution < -0.4 is 5.73 Å². The summed E-state index contributed by atoms with van der Waals surface area (Å²) in [4.78, 5) is 14.4. The number of amidine groups is 1. The second kappa shape index (κ2) is 6.04. The van der Waals surface area contributed by atoms with Gasteiger partial charge in [0.05, 0.1) is 12.5 Å². The zero-order chi connectivity index (χ0) is 13.6. The molecule has 0 radical (unpaired) electrons. The van der Waals surface area contributed by atoms with Crippen molar-refractivity contribution >= 4 is 18.3 Å². The smallest absolute Gasteiger partial charge is 0.264 e. The Hall–Kier alpha value is -2.05. The zero-order valence-corrected chi connectivity index (χ0v) is 10.2. The quantitative estimate of drug-likeness (QED) is 0.636. The van der Waals surface area contributed by atoms with Gasteiger partial charge in [-0.25, -0.2) is 18.8 Å². The van der Waals surface area contributed by atoms with Crippen LogP contribution in [0.5, 0.6) is 0 Å². The van der Waals surface area contributed by atoms with Gasteiger partial charge in [0.1, 0.15) is 18.1 Å². The number of H-pyrrole nitrogens is 1. The van der Waals surface area contributed by atoms with Crippen molar-refractivity contribution in [2.45, 2.75) is 19.8 Å². The van der Waals surface area contributed by atoms with Crippen molar-refractivity contribution in [1.29, 1.82) is 0 Å². The van der Waals surface area contributed by atoms with Crippen molar-refractivity contribution in [2.24, 2.45) is 15.7 Å². The Balaban J connectivity index is 2.96. The van der Waals surface area contributed by atoms with E-state index in [-0.39, 0.29) is 5.84 Å². The first-order chi connectivity index (χ1) is 8.46. The fourth-order valence-corrected chi connectivity index (χ4v) is 1.17. The van der Waals surface area contributed by atoms with Crippen LogP contribution in [0.3, 0.4) is 0 Å². The lowest BCUT2D eigenvalue weighted by atomic mass is 10.4. The summed E-state index contributed by atoms with van der Waals surface area (Å²) < 4.78 is 25.5. The maximum Gasteiger partial charge on any atom is 0.264 e. The van der Waals surface area contributed by atoms with Gasteiger partial charge >= 0.3 is 0 Å². The van der Waals surface area contributed by atoms with Gasteiger partial charge in [0.15, 0.2) is 5.84 Å². The van der Waals surface area contributed by atoms with Gasteiger partial charge in [-0.3, -0.25) is 4.99 Å². The van der Waals surface area contributed by atoms with E-state index in [9.17, 15) is 8.78 Å². The number of imidazole rings is 1. The van der Waals surface area contributed by atoms with Gasteiger partial charge in [-0.2, -0.15) is 0 Å². The Labute approximate surface area is 104 Å². The normalized spacial score (nSPS) is 13.9. The SMILES string of the molecule is C/C=C/c1ncc(C(N=CN)=NCC(C)(F)F)[nH]1. The van der Waals surface area contributed by atoms with Crippen LogP contribution in [0.15, 0.2) is 22.3 Å². The highest BCUT2D eigenvalue weighted by Crippen LogP contribution is 2.12. The molecule has 0 bridgehead atoms. The summed E-state index contributed by atoms with van der Waals surface area (Å²) in [5, 5.41) is 0. The molecule has 0 fully saturated rings. The van der Waals surface area contributed by atoms with E-state index in [2.05, 4.69) is 20.0 Å². The number of nitrogens with two attached hydrogens (primary N) is 1. The van der Waals surface area contributed by atoms with Crippen LogP contribution in [0.2, 0.25) is 0 Å². The van der Waals surface area contributed by atoms with Gasteiger partial charge in [-0.05, 0) is 13.0 Å². The van der Waals surface area contributed by atoms with Crippen LogP contribution >= 0.6 is 0 Å². The third-order valence-corrected chi connectivity index (χ3v) is 1.86. The number of nitrogens with zero attached hydrogens (tertiary/aromatic N) is 3. The Morgan fingerprint density at radius 2 is 2.33 bits per heavy atom. The number of hydrogen-bond donors (Lipinski definition) is 2. The average molecular weight is 255 g/mol. The molecular formula is C11H15F2N5. The van der Waals surface area contributed by atoms with Gasteiger partial charge in [-0.1, -0.05) is 6.08 Å². The van der Waals surface area contributed by atoms with Crippen molar-refractivity contribution < 1.29 is 8.78 Å². The highest BCUT2D eigenvalue weighted by atomic mass is 19.3. The average Bonchev–Trinajstić information content (AvgIpc) is 2.72. The number of aromatic nitrogens is 2. The van der Waals surface area contributed by atoms with Crippen LogP contribution in [-0.2, 0) is 0 Å². The molecule has 0 unspecified atom stereocenters. The first-order valence-electron chi connectivity index (χ1n) is 5.31. The van der Waals surface area contributed by atoms with E-state index in [1.54, 1.807) is 12.2 Å². The largest absolute Gasteiger partial charge is 0.390 e. The van der Waals surface area contributed by atoms with E-state index >= 15 is 0 Å². The first kappa shape index (κ1) is 14.0. The van der Waals surface area contributed by atoms with Gasteiger partial charge in [0.2, 0.25) is 0 Å². The van der Waals surface area contributed by atoms with Gasteiger partial charge in [0, 0.05) is 6.92 Å². The van der Waals surface area contributed by atoms with Crippen molar-refractivity contribution in [2.75, 3.05) is 6.54 Å². The summed E-state index contributed by atoms with van der Waals surface area (Å²) in [5.41, 5.74) is 5.60. The number of rotatable bonds is 4. The van der Waals surface area contributed by atoms with E-state index in [0.29, 0.717) is 11.5 Å². The lowest BCUT2D eigenvalue weighted by Crippen LogP contribution is -2.16. The monoisotopic (exact) mass is 255 g/mol. The van der Waals surface area contributed by atoms with Gasteiger partial charge in [-0.15, -0.1) is 0 Å². The summed E-state index contributed by atoms with van der Waals surface area (Å²) in [7, 11) is 0. The lowest BCUT2D eigenvalue weighted by molar-refractivity contribution is 0.0327. The molecule has 7 heteroatoms. The van der Waals surface area contributed by atoms with Crippen LogP contribution in [0.4, 0.5) is 8.78 Å². The molecule has 98 valence electrons. The highest BCUT2D eigenvalue weighted by molar-refractivity contribution is 6.01. The predicted octanol–water partition coefficient (Wildman–Crippen LogP) is 1.83. The molecule has 0 saturated heterocycles. The van der Waals surface area contributed by atoms with Crippen molar-refractivity contribution in [3.63, 3.8) is 0 Å². The molecule has 18 heavy (non-hydrogen) atoms. The van der Waals surface area contributed by atoms with Crippen LogP contribution in [-0.4, -0.2) is 34.6 Å². The fourth-order valence-electron chi connectivity index (χ4n) is 1.17. The molecule has 1 heterocycles. The summed E-state index contributed by atoms with van der Waals surface area (Å²) in [6, 6.07) is 0. The Morgan fingerprint density at radius 1 is 1.61 bits per heavy atom. The minimum Gasteiger partial charge on any atom is -0.390 e. The molecule has 0 aliphatic rings. The number of allylic oxidation sites excluding steroid dienone is 1. The molecule has 1 aromatic heterocycles. The van der Waals surface area contributed by atoms with Gasteiger partial charge in [0.25, 0.3) is 5.92 Å². The Bertz CT molecular complexity index is 468. The number of aliphatic imine (C=N–C) groups is 2. The third-order valence-electron chi connectivity index (χ3n) is 1.86. The number of hydrogen-bond acceptors (Lipinski definition) is 2. The molecule has 3 N–H and O–H groups in total. The van der Waals surface area contributed by atoms with E-state index in [0.717, 1.165) is 13.3 Å². The van der Waals surface area contributed by atoms with Crippen molar-refractivity contribution in [3.8, 4) is 0 Å². The van der Waals surface area contributed by atoms with Crippen LogP contribution in [0.25, 0.3) is 6.08 Å². The summed E-state index contributed by atoms with van der Waals surface area (Å²) in [6.07, 6.45) is 6.01. The highest BCUT2D eigenvalue weighted by Gasteiger charge is 2.20. The van der Waals surface area contributed by atoms with E-state index in [4.69, 9.17) is 5.73 Å². The van der Waals surface area contributed by atoms with Crippen molar-refractivity contribution in [3.05, 3.63) is 23.8 Å². The predicted molar refractivity (Wildman–Crippen MR) is 68.0 cm³/mol. The molecule has 0 aliphatic heterocycles. The molecule has 0 amide bonds. The minimum atomic E-state index is -2.89. The van der Waals surface area contributed by atoms with E-state index < -0.39 is 12.5 Å². The molecule has 0 aromatic carbocycles. The Kier molecular flexibility index (Phi) is 4.70. The van der Waals surface area contributed by atoms with Crippen LogP contribution in [0.1, 0.15) is 25.4 Å².